The number of nitrogens with zero attached hydrogens (tertiary/aromatic N) is 4. The van der Waals surface area contributed by atoms with Crippen LogP contribution in [0.15, 0.2) is 60.9 Å². The molecule has 16 heteroatoms. The number of benzene rings is 2. The summed E-state index contributed by atoms with van der Waals surface area (Å²) < 4.78 is 22.7. The standard InChI is InChI=1S/C57H78N8O8/c1-32(2)11-9-12-42-29-41(27-35(5)72-42)50(62-56(68)70-7)54(66)64-33(3)15-25-47(64)52-58-30-45(60-52)39-21-17-37(18-22-39)38-19-23-40(24-20-38)46-31-59-53(61-46)48-26-16-34(4)65(48)55(67)51(63-57(69)71-8)44-28-36(6)73-49-14-10-13-43(44)49/h17-24,30-36,41-44,47-51H,9-16,25-29H2,1-8H3,(H,58,60)(H,59,61)(H,62,68)(H,63,69)/t33-,34-,35+,36+,41?,42-,43-,44?,47-,48-,49-,50-,51-/m0/s1. The Labute approximate surface area is 430 Å². The van der Waals surface area contributed by atoms with Crippen molar-refractivity contribution in [2.45, 2.75) is 186 Å². The molecule has 2 unspecified atom stereocenters. The molecule has 5 fully saturated rings. The Balaban J connectivity index is 0.859. The highest BCUT2D eigenvalue weighted by Crippen LogP contribution is 2.45. The van der Waals surface area contributed by atoms with Crippen molar-refractivity contribution in [1.82, 2.24) is 40.4 Å². The quantitative estimate of drug-likeness (QED) is 0.0891. The van der Waals surface area contributed by atoms with E-state index in [4.69, 9.17) is 28.9 Å². The molecule has 9 rings (SSSR count). The average Bonchev–Trinajstić information content (AvgIpc) is 4.25. The molecule has 0 radical (unpaired) electrons. The van der Waals surface area contributed by atoms with Crippen molar-refractivity contribution in [1.29, 1.82) is 0 Å². The number of methoxy groups -OCH3 is 2. The summed E-state index contributed by atoms with van der Waals surface area (Å²) in [5.41, 5.74) is 5.79. The predicted molar refractivity (Wildman–Crippen MR) is 278 cm³/mol. The van der Waals surface area contributed by atoms with Crippen LogP contribution in [0.4, 0.5) is 9.59 Å². The molecule has 2 aromatic heterocycles. The van der Waals surface area contributed by atoms with Gasteiger partial charge in [0.05, 0.1) is 74.5 Å². The van der Waals surface area contributed by atoms with E-state index in [1.165, 1.54) is 14.2 Å². The second-order valence-electron chi connectivity index (χ2n) is 22.2. The van der Waals surface area contributed by atoms with E-state index in [0.717, 1.165) is 109 Å². The Kier molecular flexibility index (Phi) is 16.3. The number of amides is 4. The third kappa shape index (κ3) is 11.5. The van der Waals surface area contributed by atoms with Gasteiger partial charge in [-0.25, -0.2) is 19.6 Å². The van der Waals surface area contributed by atoms with E-state index in [0.29, 0.717) is 25.2 Å². The second kappa shape index (κ2) is 22.8. The van der Waals surface area contributed by atoms with E-state index in [1.54, 1.807) is 0 Å². The Morgan fingerprint density at radius 1 is 0.658 bits per heavy atom. The highest BCUT2D eigenvalue weighted by atomic mass is 16.5. The van der Waals surface area contributed by atoms with Crippen molar-refractivity contribution in [3.05, 3.63) is 72.6 Å². The van der Waals surface area contributed by atoms with Crippen molar-refractivity contribution in [3.63, 3.8) is 0 Å². The molecular weight excluding hydrogens is 925 g/mol. The summed E-state index contributed by atoms with van der Waals surface area (Å²) in [6, 6.07) is 14.7. The molecule has 4 amide bonds. The molecule has 6 heterocycles. The topological polar surface area (TPSA) is 193 Å². The largest absolute Gasteiger partial charge is 0.453 e. The molecule has 4 aromatic rings. The van der Waals surface area contributed by atoms with E-state index < -0.39 is 24.3 Å². The number of ether oxygens (including phenoxy) is 4. The predicted octanol–water partition coefficient (Wildman–Crippen LogP) is 10.3. The normalized spacial score (nSPS) is 28.9. The molecule has 16 nitrogen and oxygen atoms in total. The number of carbonyl (C=O) groups excluding carboxylic acids is 4. The van der Waals surface area contributed by atoms with Crippen LogP contribution in [0.5, 0.6) is 0 Å². The van der Waals surface area contributed by atoms with E-state index in [9.17, 15) is 19.2 Å². The maximum atomic E-state index is 14.7. The number of fused-ring (bicyclic) bond motifs is 1. The molecular formula is C57H78N8O8. The molecule has 0 bridgehead atoms. The number of carbonyl (C=O) groups is 4. The zero-order valence-corrected chi connectivity index (χ0v) is 44.1. The third-order valence-electron chi connectivity index (χ3n) is 16.7. The summed E-state index contributed by atoms with van der Waals surface area (Å²) >= 11 is 0. The van der Waals surface area contributed by atoms with Gasteiger partial charge in [-0.3, -0.25) is 9.59 Å². The van der Waals surface area contributed by atoms with Crippen LogP contribution >= 0.6 is 0 Å². The van der Waals surface area contributed by atoms with Crippen molar-refractivity contribution in [2.24, 2.45) is 23.7 Å². The number of aromatic nitrogens is 4. The average molecular weight is 1000 g/mol. The van der Waals surface area contributed by atoms with E-state index in [2.05, 4.69) is 111 Å². The van der Waals surface area contributed by atoms with Crippen molar-refractivity contribution < 1.29 is 38.1 Å². The molecule has 5 aliphatic rings. The molecule has 73 heavy (non-hydrogen) atoms. The zero-order chi connectivity index (χ0) is 51.5. The van der Waals surface area contributed by atoms with Crippen LogP contribution in [-0.4, -0.2) is 117 Å². The number of H-pyrrole nitrogens is 2. The molecule has 2 aromatic carbocycles. The fourth-order valence-corrected chi connectivity index (χ4v) is 13.1. The first kappa shape index (κ1) is 52.1. The lowest BCUT2D eigenvalue weighted by atomic mass is 9.77. The van der Waals surface area contributed by atoms with Gasteiger partial charge in [0.2, 0.25) is 11.8 Å². The van der Waals surface area contributed by atoms with Gasteiger partial charge in [-0.2, -0.15) is 0 Å². The highest BCUT2D eigenvalue weighted by molar-refractivity contribution is 5.88. The lowest BCUT2D eigenvalue weighted by Crippen LogP contribution is -2.57. The number of nitrogens with one attached hydrogen (secondary N) is 4. The van der Waals surface area contributed by atoms with Crippen molar-refractivity contribution in [3.8, 4) is 33.6 Å². The minimum Gasteiger partial charge on any atom is -0.453 e. The van der Waals surface area contributed by atoms with Crippen LogP contribution in [0.3, 0.4) is 0 Å². The summed E-state index contributed by atoms with van der Waals surface area (Å²) in [4.78, 5) is 75.7. The highest BCUT2D eigenvalue weighted by Gasteiger charge is 2.50. The van der Waals surface area contributed by atoms with Gasteiger partial charge in [0.1, 0.15) is 23.7 Å². The number of imidazole rings is 2. The van der Waals surface area contributed by atoms with Gasteiger partial charge in [-0.1, -0.05) is 81.6 Å². The van der Waals surface area contributed by atoms with E-state index in [-0.39, 0.29) is 78.2 Å². The van der Waals surface area contributed by atoms with Crippen LogP contribution < -0.4 is 10.6 Å². The summed E-state index contributed by atoms with van der Waals surface area (Å²) in [5, 5.41) is 5.92. The number of aromatic amines is 2. The molecule has 13 atom stereocenters. The van der Waals surface area contributed by atoms with Gasteiger partial charge < -0.3 is 49.3 Å². The number of hydrogen-bond acceptors (Lipinski definition) is 10. The molecule has 0 spiro atoms. The lowest BCUT2D eigenvalue weighted by Gasteiger charge is -2.43. The molecule has 4 N–H and O–H groups in total. The monoisotopic (exact) mass is 1000 g/mol. The van der Waals surface area contributed by atoms with E-state index in [1.807, 2.05) is 22.2 Å². The number of likely N-dealkylation sites (tertiary alicyclic amines) is 2. The van der Waals surface area contributed by atoms with E-state index >= 15 is 0 Å². The smallest absolute Gasteiger partial charge is 0.407 e. The van der Waals surface area contributed by atoms with Crippen molar-refractivity contribution in [2.75, 3.05) is 14.2 Å². The first-order valence-corrected chi connectivity index (χ1v) is 27.1. The van der Waals surface area contributed by atoms with Gasteiger partial charge in [0, 0.05) is 12.1 Å². The van der Waals surface area contributed by atoms with Gasteiger partial charge in [0.25, 0.3) is 0 Å². The summed E-state index contributed by atoms with van der Waals surface area (Å²) in [7, 11) is 2.68. The molecule has 1 saturated carbocycles. The Bertz CT molecular complexity index is 2530. The van der Waals surface area contributed by atoms with Gasteiger partial charge in [-0.15, -0.1) is 0 Å². The third-order valence-corrected chi connectivity index (χ3v) is 16.7. The van der Waals surface area contributed by atoms with Crippen molar-refractivity contribution >= 4 is 24.0 Å². The Morgan fingerprint density at radius 3 is 1.70 bits per heavy atom. The number of alkyl carbamates (subject to hydrolysis) is 2. The molecule has 1 aliphatic carbocycles. The maximum absolute atomic E-state index is 14.7. The molecule has 4 aliphatic heterocycles. The minimum atomic E-state index is -0.741. The van der Waals surface area contributed by atoms with Crippen LogP contribution in [0.2, 0.25) is 0 Å². The number of rotatable bonds is 15. The second-order valence-corrected chi connectivity index (χ2v) is 22.2. The summed E-state index contributed by atoms with van der Waals surface area (Å²) in [6.45, 7) is 12.7. The fraction of sp³-hybridized carbons (Fsp3) is 0.614. The van der Waals surface area contributed by atoms with Crippen LogP contribution in [0, 0.1) is 23.7 Å². The van der Waals surface area contributed by atoms with Crippen LogP contribution in [0.25, 0.3) is 33.6 Å². The summed E-state index contributed by atoms with van der Waals surface area (Å²) in [5.74, 6) is 1.96. The minimum absolute atomic E-state index is 0.00318. The Morgan fingerprint density at radius 2 is 1.16 bits per heavy atom. The van der Waals surface area contributed by atoms with Gasteiger partial charge in [0.15, 0.2) is 0 Å². The first-order chi connectivity index (χ1) is 35.2. The SMILES string of the molecule is COC(=O)N[C@H](C(=O)N1[C@@H](C)CC[C@H]1c1ncc(-c2ccc(-c3ccc(-c4cnc([C@@H]5CC[C@H](C)N5C(=O)[C@@H](NC(=O)OC)C5C[C@@H](C)O[C@H]6CCC[C@@H]56)[nH]4)cc3)cc2)[nH]1)C1C[C@H](CCCC(C)C)O[C@H](C)C1. The van der Waals surface area contributed by atoms with Crippen LogP contribution in [0.1, 0.15) is 149 Å². The first-order valence-electron chi connectivity index (χ1n) is 27.1. The maximum Gasteiger partial charge on any atom is 0.407 e. The Hall–Kier alpha value is -5.74. The lowest BCUT2D eigenvalue weighted by molar-refractivity contribution is -0.144. The van der Waals surface area contributed by atoms with Gasteiger partial charge in [-0.05, 0) is 138 Å². The summed E-state index contributed by atoms with van der Waals surface area (Å²) in [6.07, 6.45) is 14.0. The van der Waals surface area contributed by atoms with Crippen LogP contribution in [-0.2, 0) is 28.5 Å². The molecule has 4 saturated heterocycles. The number of hydrogen-bond donors (Lipinski definition) is 4. The van der Waals surface area contributed by atoms with Gasteiger partial charge >= 0.3 is 12.2 Å². The molecule has 394 valence electrons. The fourth-order valence-electron chi connectivity index (χ4n) is 13.1. The zero-order valence-electron chi connectivity index (χ0n) is 44.1.